The summed E-state index contributed by atoms with van der Waals surface area (Å²) < 4.78 is 5.07. The quantitative estimate of drug-likeness (QED) is 0.584. The molecule has 2 unspecified atom stereocenters. The molecule has 0 spiro atoms. The minimum atomic E-state index is -1.12. The number of nitrogens with one attached hydrogen (secondary N) is 1. The molecule has 20 heavy (non-hydrogen) atoms. The number of thioether (sulfide) groups is 1. The average molecular weight is 305 g/mol. The summed E-state index contributed by atoms with van der Waals surface area (Å²) in [6.07, 6.45) is 2.27. The normalized spacial score (nSPS) is 20.2. The summed E-state index contributed by atoms with van der Waals surface area (Å²) in [7, 11) is 0. The summed E-state index contributed by atoms with van der Waals surface area (Å²) in [6, 6.07) is -2.63. The minimum absolute atomic E-state index is 0.0487. The van der Waals surface area contributed by atoms with Crippen LogP contribution in [0.15, 0.2) is 0 Å². The summed E-state index contributed by atoms with van der Waals surface area (Å²) in [5.41, 5.74) is 5.06. The second-order valence-corrected chi connectivity index (χ2v) is 5.29. The molecule has 0 aromatic heterocycles. The van der Waals surface area contributed by atoms with E-state index in [0.717, 1.165) is 0 Å². The van der Waals surface area contributed by atoms with Gasteiger partial charge in [0.25, 0.3) is 0 Å². The fourth-order valence-corrected chi connectivity index (χ4v) is 2.41. The van der Waals surface area contributed by atoms with E-state index in [2.05, 4.69) is 5.32 Å². The van der Waals surface area contributed by atoms with Gasteiger partial charge in [-0.1, -0.05) is 0 Å². The summed E-state index contributed by atoms with van der Waals surface area (Å²) >= 11 is 1.52. The van der Waals surface area contributed by atoms with Crippen molar-refractivity contribution in [3.63, 3.8) is 0 Å². The number of rotatable bonds is 6. The number of nitrogens with zero attached hydrogens (tertiary/aromatic N) is 1. The molecule has 2 atom stereocenters. The molecule has 4 N–H and O–H groups in total. The van der Waals surface area contributed by atoms with Crippen LogP contribution in [0.3, 0.4) is 0 Å². The molecule has 0 aliphatic carbocycles. The van der Waals surface area contributed by atoms with Gasteiger partial charge in [-0.15, -0.1) is 0 Å². The van der Waals surface area contributed by atoms with Gasteiger partial charge >= 0.3 is 12.0 Å². The highest BCUT2D eigenvalue weighted by Gasteiger charge is 2.36. The van der Waals surface area contributed by atoms with Crippen LogP contribution in [0.25, 0.3) is 0 Å². The molecule has 1 fully saturated rings. The van der Waals surface area contributed by atoms with Crippen molar-refractivity contribution in [2.45, 2.75) is 18.5 Å². The Morgan fingerprint density at radius 2 is 2.25 bits per heavy atom. The van der Waals surface area contributed by atoms with E-state index in [-0.39, 0.29) is 19.8 Å². The molecule has 1 rings (SSSR count). The van der Waals surface area contributed by atoms with Crippen LogP contribution in [-0.4, -0.2) is 71.8 Å². The van der Waals surface area contributed by atoms with E-state index >= 15 is 0 Å². The largest absolute Gasteiger partial charge is 0.480 e. The Balaban J connectivity index is 2.79. The Morgan fingerprint density at radius 3 is 2.80 bits per heavy atom. The molecular formula is C11H19N3O5S. The molecular weight excluding hydrogens is 286 g/mol. The first-order chi connectivity index (χ1) is 9.47. The van der Waals surface area contributed by atoms with Crippen molar-refractivity contribution in [1.82, 2.24) is 10.2 Å². The van der Waals surface area contributed by atoms with E-state index in [4.69, 9.17) is 15.6 Å². The number of amides is 3. The number of carbonyl (C=O) groups excluding carboxylic acids is 2. The van der Waals surface area contributed by atoms with Gasteiger partial charge in [-0.25, -0.2) is 9.59 Å². The SMILES string of the molecule is CSCCC(NC(N)=O)C(=O)N1CCOCC1C(=O)O. The summed E-state index contributed by atoms with van der Waals surface area (Å²) in [5, 5.41) is 11.5. The molecule has 1 saturated heterocycles. The first kappa shape index (κ1) is 16.6. The predicted octanol–water partition coefficient (Wildman–Crippen LogP) is -0.912. The molecule has 0 bridgehead atoms. The lowest BCUT2D eigenvalue weighted by atomic mass is 10.1. The Labute approximate surface area is 121 Å². The number of carboxylic acid groups (broad SMARTS) is 1. The molecule has 0 saturated carbocycles. The van der Waals surface area contributed by atoms with E-state index in [1.54, 1.807) is 0 Å². The number of nitrogens with two attached hydrogens (primary N) is 1. The fraction of sp³-hybridized carbons (Fsp3) is 0.727. The number of primary amides is 1. The van der Waals surface area contributed by atoms with Gasteiger partial charge in [-0.2, -0.15) is 11.8 Å². The number of hydrogen-bond donors (Lipinski definition) is 3. The van der Waals surface area contributed by atoms with Gasteiger partial charge in [-0.05, 0) is 18.4 Å². The van der Waals surface area contributed by atoms with Crippen LogP contribution < -0.4 is 11.1 Å². The molecule has 1 aliphatic heterocycles. The number of carboxylic acids is 1. The lowest BCUT2D eigenvalue weighted by molar-refractivity contribution is -0.159. The second-order valence-electron chi connectivity index (χ2n) is 4.30. The molecule has 3 amide bonds. The fourth-order valence-electron chi connectivity index (χ4n) is 1.94. The molecule has 1 aliphatic rings. The number of aliphatic carboxylic acids is 1. The van der Waals surface area contributed by atoms with E-state index in [1.807, 2.05) is 6.26 Å². The highest BCUT2D eigenvalue weighted by atomic mass is 32.2. The van der Waals surface area contributed by atoms with Gasteiger partial charge in [0.05, 0.1) is 13.2 Å². The lowest BCUT2D eigenvalue weighted by Gasteiger charge is -2.35. The van der Waals surface area contributed by atoms with E-state index in [1.165, 1.54) is 16.7 Å². The monoisotopic (exact) mass is 305 g/mol. The third kappa shape index (κ3) is 4.57. The maximum Gasteiger partial charge on any atom is 0.328 e. The van der Waals surface area contributed by atoms with Gasteiger partial charge in [0, 0.05) is 6.54 Å². The molecule has 0 radical (unpaired) electrons. The third-order valence-electron chi connectivity index (χ3n) is 2.92. The summed E-state index contributed by atoms with van der Waals surface area (Å²) in [5.74, 6) is -0.909. The Morgan fingerprint density at radius 1 is 1.55 bits per heavy atom. The average Bonchev–Trinajstić information content (AvgIpc) is 2.42. The lowest BCUT2D eigenvalue weighted by Crippen LogP contribution is -2.58. The van der Waals surface area contributed by atoms with Crippen LogP contribution >= 0.6 is 11.8 Å². The van der Waals surface area contributed by atoms with Gasteiger partial charge < -0.3 is 25.8 Å². The Hall–Kier alpha value is -1.48. The van der Waals surface area contributed by atoms with Crippen LogP contribution in [0.2, 0.25) is 0 Å². The number of urea groups is 1. The van der Waals surface area contributed by atoms with Crippen molar-refractivity contribution in [3.8, 4) is 0 Å². The Bertz CT molecular complexity index is 379. The maximum absolute atomic E-state index is 12.4. The van der Waals surface area contributed by atoms with Crippen molar-refractivity contribution < 1.29 is 24.2 Å². The van der Waals surface area contributed by atoms with E-state index < -0.39 is 30.0 Å². The van der Waals surface area contributed by atoms with Crippen molar-refractivity contribution in [2.24, 2.45) is 5.73 Å². The van der Waals surface area contributed by atoms with Crippen LogP contribution in [0.1, 0.15) is 6.42 Å². The second kappa shape index (κ2) is 7.95. The zero-order chi connectivity index (χ0) is 15.1. The van der Waals surface area contributed by atoms with Crippen molar-refractivity contribution >= 4 is 29.7 Å². The smallest absolute Gasteiger partial charge is 0.328 e. The molecule has 9 heteroatoms. The molecule has 1 heterocycles. The summed E-state index contributed by atoms with van der Waals surface area (Å²) in [4.78, 5) is 35.7. The number of ether oxygens (including phenoxy) is 1. The van der Waals surface area contributed by atoms with Crippen LogP contribution in [0.4, 0.5) is 4.79 Å². The highest BCUT2D eigenvalue weighted by molar-refractivity contribution is 7.98. The minimum Gasteiger partial charge on any atom is -0.480 e. The van der Waals surface area contributed by atoms with Gasteiger partial charge in [0.1, 0.15) is 6.04 Å². The number of hydrogen-bond acceptors (Lipinski definition) is 5. The van der Waals surface area contributed by atoms with Crippen molar-refractivity contribution in [3.05, 3.63) is 0 Å². The number of carbonyl (C=O) groups is 3. The summed E-state index contributed by atoms with van der Waals surface area (Å²) in [6.45, 7) is 0.417. The molecule has 114 valence electrons. The standard InChI is InChI=1S/C11H19N3O5S/c1-20-5-2-7(13-11(12)18)9(15)14-3-4-19-6-8(14)10(16)17/h7-8H,2-6H2,1H3,(H,16,17)(H3,12,13,18). The number of morpholine rings is 1. The van der Waals surface area contributed by atoms with E-state index in [0.29, 0.717) is 12.2 Å². The maximum atomic E-state index is 12.4. The van der Waals surface area contributed by atoms with Crippen molar-refractivity contribution in [2.75, 3.05) is 31.8 Å². The first-order valence-corrected chi connectivity index (χ1v) is 7.52. The molecule has 8 nitrogen and oxygen atoms in total. The molecule has 0 aromatic carbocycles. The van der Waals surface area contributed by atoms with Crippen molar-refractivity contribution in [1.29, 1.82) is 0 Å². The van der Waals surface area contributed by atoms with Gasteiger partial charge in [0.15, 0.2) is 6.04 Å². The van der Waals surface area contributed by atoms with Crippen LogP contribution in [-0.2, 0) is 14.3 Å². The predicted molar refractivity (Wildman–Crippen MR) is 73.5 cm³/mol. The van der Waals surface area contributed by atoms with Crippen LogP contribution in [0, 0.1) is 0 Å². The topological polar surface area (TPSA) is 122 Å². The van der Waals surface area contributed by atoms with Crippen LogP contribution in [0.5, 0.6) is 0 Å². The molecule has 0 aromatic rings. The zero-order valence-electron chi connectivity index (χ0n) is 11.2. The van der Waals surface area contributed by atoms with E-state index in [9.17, 15) is 14.4 Å². The first-order valence-electron chi connectivity index (χ1n) is 6.13. The zero-order valence-corrected chi connectivity index (χ0v) is 12.0. The van der Waals surface area contributed by atoms with Gasteiger partial charge in [0.2, 0.25) is 5.91 Å². The van der Waals surface area contributed by atoms with Gasteiger partial charge in [-0.3, -0.25) is 4.79 Å². The highest BCUT2D eigenvalue weighted by Crippen LogP contribution is 2.12. The Kier molecular flexibility index (Phi) is 6.59. The third-order valence-corrected chi connectivity index (χ3v) is 3.57.